The van der Waals surface area contributed by atoms with Crippen LogP contribution in [0.4, 0.5) is 8.78 Å². The molecule has 0 N–H and O–H groups in total. The van der Waals surface area contributed by atoms with Gasteiger partial charge in [0.1, 0.15) is 0 Å². The van der Waals surface area contributed by atoms with E-state index in [0.29, 0.717) is 12.2 Å². The fraction of sp³-hybridized carbons (Fsp3) is 0.812. The molecule has 2 aliphatic carbocycles. The molecule has 1 aromatic rings. The van der Waals surface area contributed by atoms with Crippen LogP contribution in [-0.4, -0.2) is 6.61 Å². The van der Waals surface area contributed by atoms with E-state index in [1.54, 1.807) is 12.1 Å². The lowest BCUT2D eigenvalue weighted by atomic mass is 9.66. The van der Waals surface area contributed by atoms with Crippen LogP contribution in [0.15, 0.2) is 12.1 Å². The maximum atomic E-state index is 15.0. The lowest BCUT2D eigenvalue weighted by Crippen LogP contribution is -2.28. The lowest BCUT2D eigenvalue weighted by Gasteiger charge is -2.39. The summed E-state index contributed by atoms with van der Waals surface area (Å²) in [5, 5.41) is 0. The van der Waals surface area contributed by atoms with Gasteiger partial charge in [0.05, 0.1) is 6.61 Å². The van der Waals surface area contributed by atoms with Crippen molar-refractivity contribution in [3.05, 3.63) is 29.3 Å². The second-order valence-corrected chi connectivity index (χ2v) is 11.8. The fourth-order valence-electron chi connectivity index (χ4n) is 6.87. The summed E-state index contributed by atoms with van der Waals surface area (Å²) in [7, 11) is 0. The average molecular weight is 491 g/mol. The lowest BCUT2D eigenvalue weighted by molar-refractivity contribution is 0.131. The van der Waals surface area contributed by atoms with Crippen LogP contribution in [0.5, 0.6) is 5.75 Å². The minimum absolute atomic E-state index is 0.0802. The Kier molecular flexibility index (Phi) is 12.4. The third-order valence-corrected chi connectivity index (χ3v) is 9.39. The summed E-state index contributed by atoms with van der Waals surface area (Å²) in [6.45, 7) is 7.43. The molecule has 1 aromatic carbocycles. The van der Waals surface area contributed by atoms with Gasteiger partial charge in [-0.3, -0.25) is 0 Å². The van der Waals surface area contributed by atoms with Crippen LogP contribution in [-0.2, 0) is 0 Å². The van der Waals surface area contributed by atoms with Crippen LogP contribution in [0, 0.1) is 35.3 Å². The molecular formula is C32H52F2O. The minimum Gasteiger partial charge on any atom is -0.490 e. The van der Waals surface area contributed by atoms with Crippen molar-refractivity contribution >= 4 is 0 Å². The molecule has 3 rings (SSSR count). The number of hydrogen-bond donors (Lipinski definition) is 0. The largest absolute Gasteiger partial charge is 0.490 e. The number of unbranched alkanes of at least 4 members (excludes halogenated alkanes) is 6. The SMILES string of the molecule is CCCCCCCCOc1ccc(C2CCC(C(C)C3CCC(CCCC)CC3)CC2)c(F)c1F. The monoisotopic (exact) mass is 490 g/mol. The first-order chi connectivity index (χ1) is 17.0. The Morgan fingerprint density at radius 1 is 0.743 bits per heavy atom. The van der Waals surface area contributed by atoms with Gasteiger partial charge >= 0.3 is 0 Å². The Morgan fingerprint density at radius 3 is 2.00 bits per heavy atom. The highest BCUT2D eigenvalue weighted by Gasteiger charge is 2.33. The Balaban J connectivity index is 1.43. The third-order valence-electron chi connectivity index (χ3n) is 9.39. The van der Waals surface area contributed by atoms with Crippen LogP contribution in [0.2, 0.25) is 0 Å². The van der Waals surface area contributed by atoms with E-state index in [2.05, 4.69) is 20.8 Å². The van der Waals surface area contributed by atoms with Gasteiger partial charge in [-0.25, -0.2) is 4.39 Å². The molecule has 0 radical (unpaired) electrons. The van der Waals surface area contributed by atoms with Gasteiger partial charge in [0.25, 0.3) is 0 Å². The molecule has 1 unspecified atom stereocenters. The van der Waals surface area contributed by atoms with Gasteiger partial charge in [-0.2, -0.15) is 4.39 Å². The summed E-state index contributed by atoms with van der Waals surface area (Å²) < 4.78 is 35.3. The van der Waals surface area contributed by atoms with Crippen molar-refractivity contribution in [3.8, 4) is 5.75 Å². The van der Waals surface area contributed by atoms with E-state index in [9.17, 15) is 8.78 Å². The predicted molar refractivity (Wildman–Crippen MR) is 144 cm³/mol. The maximum absolute atomic E-state index is 15.0. The number of benzene rings is 1. The molecular weight excluding hydrogens is 438 g/mol. The molecule has 0 spiro atoms. The van der Waals surface area contributed by atoms with Crippen molar-refractivity contribution in [3.63, 3.8) is 0 Å². The van der Waals surface area contributed by atoms with Crippen molar-refractivity contribution in [2.24, 2.45) is 23.7 Å². The van der Waals surface area contributed by atoms with Crippen LogP contribution >= 0.6 is 0 Å². The summed E-state index contributed by atoms with van der Waals surface area (Å²) in [4.78, 5) is 0. The Labute approximate surface area is 214 Å². The molecule has 0 bridgehead atoms. The van der Waals surface area contributed by atoms with Crippen LogP contribution < -0.4 is 4.74 Å². The van der Waals surface area contributed by atoms with Gasteiger partial charge in [0, 0.05) is 0 Å². The quantitative estimate of drug-likeness (QED) is 0.236. The molecule has 35 heavy (non-hydrogen) atoms. The smallest absolute Gasteiger partial charge is 0.200 e. The van der Waals surface area contributed by atoms with E-state index in [0.717, 1.165) is 62.2 Å². The molecule has 3 heteroatoms. The molecule has 0 heterocycles. The number of rotatable bonds is 14. The van der Waals surface area contributed by atoms with E-state index in [1.165, 1.54) is 70.6 Å². The topological polar surface area (TPSA) is 9.23 Å². The highest BCUT2D eigenvalue weighted by atomic mass is 19.2. The van der Waals surface area contributed by atoms with Crippen molar-refractivity contribution in [1.82, 2.24) is 0 Å². The van der Waals surface area contributed by atoms with Gasteiger partial charge in [-0.05, 0) is 86.2 Å². The van der Waals surface area contributed by atoms with Gasteiger partial charge in [-0.15, -0.1) is 0 Å². The van der Waals surface area contributed by atoms with Crippen molar-refractivity contribution in [2.75, 3.05) is 6.61 Å². The fourth-order valence-corrected chi connectivity index (χ4v) is 6.87. The van der Waals surface area contributed by atoms with Crippen molar-refractivity contribution in [2.45, 2.75) is 136 Å². The average Bonchev–Trinajstić information content (AvgIpc) is 2.89. The van der Waals surface area contributed by atoms with Crippen molar-refractivity contribution < 1.29 is 13.5 Å². The highest BCUT2D eigenvalue weighted by molar-refractivity contribution is 5.33. The minimum atomic E-state index is -0.788. The van der Waals surface area contributed by atoms with Gasteiger partial charge in [-0.1, -0.05) is 91.0 Å². The second-order valence-electron chi connectivity index (χ2n) is 11.8. The van der Waals surface area contributed by atoms with Crippen LogP contribution in [0.3, 0.4) is 0 Å². The van der Waals surface area contributed by atoms with E-state index in [1.807, 2.05) is 0 Å². The maximum Gasteiger partial charge on any atom is 0.200 e. The summed E-state index contributed by atoms with van der Waals surface area (Å²) in [6.07, 6.45) is 20.9. The zero-order valence-corrected chi connectivity index (χ0v) is 22.9. The normalized spacial score (nSPS) is 26.0. The summed E-state index contributed by atoms with van der Waals surface area (Å²) in [5.41, 5.74) is 0.567. The number of halogens is 2. The molecule has 0 aromatic heterocycles. The molecule has 2 fully saturated rings. The zero-order chi connectivity index (χ0) is 25.0. The molecule has 1 nitrogen and oxygen atoms in total. The number of ether oxygens (including phenoxy) is 1. The van der Waals surface area contributed by atoms with Crippen molar-refractivity contribution in [1.29, 1.82) is 0 Å². The summed E-state index contributed by atoms with van der Waals surface area (Å²) in [6, 6.07) is 3.46. The molecule has 0 saturated heterocycles. The molecule has 200 valence electrons. The first-order valence-corrected chi connectivity index (χ1v) is 15.2. The Bertz CT molecular complexity index is 717. The molecule has 0 aliphatic heterocycles. The molecule has 1 atom stereocenters. The predicted octanol–water partition coefficient (Wildman–Crippen LogP) is 10.6. The standard InChI is InChI=1S/C32H52F2O/c1-4-6-8-9-10-11-23-35-30-22-21-29(31(33)32(30)34)28-19-17-27(18-20-28)24(3)26-15-13-25(14-16-26)12-7-5-2/h21-22,24-28H,4-20,23H2,1-3H3. The van der Waals surface area contributed by atoms with E-state index < -0.39 is 11.6 Å². The Morgan fingerprint density at radius 2 is 1.34 bits per heavy atom. The van der Waals surface area contributed by atoms with E-state index in [4.69, 9.17) is 4.74 Å². The zero-order valence-electron chi connectivity index (χ0n) is 22.9. The van der Waals surface area contributed by atoms with E-state index >= 15 is 0 Å². The third kappa shape index (κ3) is 8.46. The summed E-state index contributed by atoms with van der Waals surface area (Å²) in [5.74, 6) is 2.10. The second kappa shape index (κ2) is 15.2. The van der Waals surface area contributed by atoms with E-state index in [-0.39, 0.29) is 11.7 Å². The first kappa shape index (κ1) is 28.5. The van der Waals surface area contributed by atoms with Crippen LogP contribution in [0.1, 0.15) is 141 Å². The van der Waals surface area contributed by atoms with Gasteiger partial charge < -0.3 is 4.74 Å². The summed E-state index contributed by atoms with van der Waals surface area (Å²) >= 11 is 0. The van der Waals surface area contributed by atoms with Crippen LogP contribution in [0.25, 0.3) is 0 Å². The molecule has 2 saturated carbocycles. The molecule has 0 amide bonds. The Hall–Kier alpha value is -1.12. The number of hydrogen-bond acceptors (Lipinski definition) is 1. The molecule has 2 aliphatic rings. The van der Waals surface area contributed by atoms with Gasteiger partial charge in [0.2, 0.25) is 5.82 Å². The first-order valence-electron chi connectivity index (χ1n) is 15.2. The highest BCUT2D eigenvalue weighted by Crippen LogP contribution is 2.45. The van der Waals surface area contributed by atoms with Gasteiger partial charge in [0.15, 0.2) is 11.6 Å².